The molecule has 1 rings (SSSR count). The number of carbonyl (C=O) groups is 2. The van der Waals surface area contributed by atoms with Crippen LogP contribution in [-0.4, -0.2) is 23.7 Å². The fourth-order valence-electron chi connectivity index (χ4n) is 1.66. The molecule has 0 fully saturated rings. The smallest absolute Gasteiger partial charge is 0.319 e. The summed E-state index contributed by atoms with van der Waals surface area (Å²) in [5.74, 6) is -1.01. The van der Waals surface area contributed by atoms with Crippen LogP contribution in [0.1, 0.15) is 19.8 Å². The highest BCUT2D eigenvalue weighted by atomic mass is 79.9. The Morgan fingerprint density at radius 3 is 2.38 bits per heavy atom. The number of urea groups is 1. The molecule has 2 amide bonds. The second kappa shape index (κ2) is 8.46. The standard InChI is InChI=1S/C13H15BrCl2N2O3/c1-2-7(3-11(19)20)6-17-13(21)18-12-9(15)4-8(14)5-10(12)16/h4-5,7H,2-3,6H2,1H3,(H,19,20)(H2,17,18,21). The van der Waals surface area contributed by atoms with Crippen molar-refractivity contribution in [3.05, 3.63) is 26.7 Å². The lowest BCUT2D eigenvalue weighted by Crippen LogP contribution is -2.33. The van der Waals surface area contributed by atoms with Crippen molar-refractivity contribution < 1.29 is 14.7 Å². The number of carbonyl (C=O) groups excluding carboxylic acids is 1. The first-order valence-corrected chi connectivity index (χ1v) is 7.79. The molecule has 0 radical (unpaired) electrons. The number of anilines is 1. The minimum absolute atomic E-state index is 0.0105. The monoisotopic (exact) mass is 396 g/mol. The Hall–Kier alpha value is -0.980. The van der Waals surface area contributed by atoms with E-state index in [9.17, 15) is 9.59 Å². The summed E-state index contributed by atoms with van der Waals surface area (Å²) >= 11 is 15.2. The highest BCUT2D eigenvalue weighted by Crippen LogP contribution is 2.33. The van der Waals surface area contributed by atoms with Gasteiger partial charge in [-0.1, -0.05) is 52.5 Å². The van der Waals surface area contributed by atoms with Crippen LogP contribution in [0.15, 0.2) is 16.6 Å². The summed E-state index contributed by atoms with van der Waals surface area (Å²) in [6.07, 6.45) is 0.670. The van der Waals surface area contributed by atoms with Crippen molar-refractivity contribution in [3.8, 4) is 0 Å². The molecule has 116 valence electrons. The zero-order chi connectivity index (χ0) is 16.0. The molecule has 1 aromatic carbocycles. The van der Waals surface area contributed by atoms with Gasteiger partial charge < -0.3 is 15.7 Å². The molecule has 0 heterocycles. The van der Waals surface area contributed by atoms with Crippen LogP contribution < -0.4 is 10.6 Å². The van der Waals surface area contributed by atoms with Crippen molar-refractivity contribution in [2.75, 3.05) is 11.9 Å². The number of halogens is 3. The minimum atomic E-state index is -0.886. The third-order valence-corrected chi connectivity index (χ3v) is 3.89. The van der Waals surface area contributed by atoms with Crippen molar-refractivity contribution in [3.63, 3.8) is 0 Å². The first-order chi connectivity index (χ1) is 9.83. The lowest BCUT2D eigenvalue weighted by molar-refractivity contribution is -0.138. The van der Waals surface area contributed by atoms with Gasteiger partial charge in [0.1, 0.15) is 0 Å². The molecule has 0 spiro atoms. The van der Waals surface area contributed by atoms with Crippen molar-refractivity contribution >= 4 is 56.8 Å². The largest absolute Gasteiger partial charge is 0.481 e. The molecular weight excluding hydrogens is 383 g/mol. The average Bonchev–Trinajstić information content (AvgIpc) is 2.38. The van der Waals surface area contributed by atoms with Crippen molar-refractivity contribution in [2.45, 2.75) is 19.8 Å². The van der Waals surface area contributed by atoms with Crippen LogP contribution in [-0.2, 0) is 4.79 Å². The lowest BCUT2D eigenvalue weighted by Gasteiger charge is -2.15. The van der Waals surface area contributed by atoms with E-state index >= 15 is 0 Å². The molecule has 0 aliphatic carbocycles. The predicted octanol–water partition coefficient (Wildman–Crippen LogP) is 4.38. The van der Waals surface area contributed by atoms with Gasteiger partial charge in [-0.2, -0.15) is 0 Å². The van der Waals surface area contributed by atoms with Crippen LogP contribution in [0.25, 0.3) is 0 Å². The van der Waals surface area contributed by atoms with E-state index < -0.39 is 12.0 Å². The molecule has 0 bridgehead atoms. The van der Waals surface area contributed by atoms with Crippen LogP contribution in [0.2, 0.25) is 10.0 Å². The second-order valence-electron chi connectivity index (χ2n) is 4.45. The molecule has 21 heavy (non-hydrogen) atoms. The van der Waals surface area contributed by atoms with Crippen LogP contribution in [0.3, 0.4) is 0 Å². The third-order valence-electron chi connectivity index (χ3n) is 2.84. The van der Waals surface area contributed by atoms with Crippen LogP contribution in [0, 0.1) is 5.92 Å². The van der Waals surface area contributed by atoms with Crippen molar-refractivity contribution in [1.82, 2.24) is 5.32 Å². The maximum atomic E-state index is 11.8. The van der Waals surface area contributed by atoms with Crippen LogP contribution in [0.4, 0.5) is 10.5 Å². The summed E-state index contributed by atoms with van der Waals surface area (Å²) in [7, 11) is 0. The van der Waals surface area contributed by atoms with E-state index in [0.29, 0.717) is 26.6 Å². The highest BCUT2D eigenvalue weighted by Gasteiger charge is 2.14. The number of benzene rings is 1. The minimum Gasteiger partial charge on any atom is -0.481 e. The Morgan fingerprint density at radius 1 is 1.33 bits per heavy atom. The molecular formula is C13H15BrCl2N2O3. The molecule has 1 unspecified atom stereocenters. The Balaban J connectivity index is 2.60. The molecule has 0 aliphatic heterocycles. The van der Waals surface area contributed by atoms with E-state index in [1.165, 1.54) is 0 Å². The average molecular weight is 398 g/mol. The van der Waals surface area contributed by atoms with E-state index in [1.54, 1.807) is 12.1 Å². The Bertz CT molecular complexity index is 517. The van der Waals surface area contributed by atoms with Gasteiger partial charge in [0.2, 0.25) is 0 Å². The fourth-order valence-corrected chi connectivity index (χ4v) is 2.97. The number of rotatable bonds is 6. The van der Waals surface area contributed by atoms with Gasteiger partial charge in [-0.3, -0.25) is 4.79 Å². The van der Waals surface area contributed by atoms with Crippen molar-refractivity contribution in [1.29, 1.82) is 0 Å². The van der Waals surface area contributed by atoms with Crippen molar-refractivity contribution in [2.24, 2.45) is 5.92 Å². The van der Waals surface area contributed by atoms with E-state index in [1.807, 2.05) is 6.92 Å². The summed E-state index contributed by atoms with van der Waals surface area (Å²) in [6.45, 7) is 2.13. The number of carboxylic acids is 1. The van der Waals surface area contributed by atoms with E-state index in [4.69, 9.17) is 28.3 Å². The van der Waals surface area contributed by atoms with E-state index in [0.717, 1.165) is 0 Å². The molecule has 0 saturated carbocycles. The van der Waals surface area contributed by atoms with E-state index in [2.05, 4.69) is 26.6 Å². The lowest BCUT2D eigenvalue weighted by atomic mass is 10.0. The van der Waals surface area contributed by atoms with Gasteiger partial charge >= 0.3 is 12.0 Å². The normalized spacial score (nSPS) is 11.8. The topological polar surface area (TPSA) is 78.4 Å². The third kappa shape index (κ3) is 6.11. The van der Waals surface area contributed by atoms with Gasteiger partial charge in [0.15, 0.2) is 0 Å². The Morgan fingerprint density at radius 2 is 1.90 bits per heavy atom. The second-order valence-corrected chi connectivity index (χ2v) is 6.18. The number of carboxylic acid groups (broad SMARTS) is 1. The number of hydrogen-bond donors (Lipinski definition) is 3. The molecule has 1 atom stereocenters. The number of hydrogen-bond acceptors (Lipinski definition) is 2. The molecule has 3 N–H and O–H groups in total. The fraction of sp³-hybridized carbons (Fsp3) is 0.385. The zero-order valence-electron chi connectivity index (χ0n) is 11.3. The van der Waals surface area contributed by atoms with Gasteiger partial charge in [-0.15, -0.1) is 0 Å². The maximum Gasteiger partial charge on any atom is 0.319 e. The molecule has 0 aromatic heterocycles. The first-order valence-electron chi connectivity index (χ1n) is 6.24. The number of nitrogens with one attached hydrogen (secondary N) is 2. The quantitative estimate of drug-likeness (QED) is 0.666. The Labute approximate surface area is 141 Å². The summed E-state index contributed by atoms with van der Waals surface area (Å²) < 4.78 is 0.705. The van der Waals surface area contributed by atoms with Gasteiger partial charge in [-0.25, -0.2) is 4.79 Å². The molecule has 5 nitrogen and oxygen atoms in total. The van der Waals surface area contributed by atoms with Gasteiger partial charge in [-0.05, 0) is 18.1 Å². The van der Waals surface area contributed by atoms with Crippen LogP contribution in [0.5, 0.6) is 0 Å². The number of aliphatic carboxylic acids is 1. The number of amides is 2. The zero-order valence-corrected chi connectivity index (χ0v) is 14.3. The molecule has 1 aromatic rings. The summed E-state index contributed by atoms with van der Waals surface area (Å²) in [6, 6.07) is 2.75. The molecule has 0 saturated heterocycles. The summed E-state index contributed by atoms with van der Waals surface area (Å²) in [5.41, 5.74) is 0.310. The molecule has 0 aliphatic rings. The maximum absolute atomic E-state index is 11.8. The predicted molar refractivity (Wildman–Crippen MR) is 87.2 cm³/mol. The summed E-state index contributed by atoms with van der Waals surface area (Å²) in [4.78, 5) is 22.5. The first kappa shape index (κ1) is 18.1. The van der Waals surface area contributed by atoms with Gasteiger partial charge in [0.05, 0.1) is 15.7 Å². The highest BCUT2D eigenvalue weighted by molar-refractivity contribution is 9.10. The van der Waals surface area contributed by atoms with Crippen LogP contribution >= 0.6 is 39.1 Å². The molecule has 8 heteroatoms. The van der Waals surface area contributed by atoms with E-state index in [-0.39, 0.29) is 18.9 Å². The SMILES string of the molecule is CCC(CNC(=O)Nc1c(Cl)cc(Br)cc1Cl)CC(=O)O. The van der Waals surface area contributed by atoms with Gasteiger partial charge in [0.25, 0.3) is 0 Å². The summed E-state index contributed by atoms with van der Waals surface area (Å²) in [5, 5.41) is 14.5. The van der Waals surface area contributed by atoms with Gasteiger partial charge in [0, 0.05) is 17.4 Å². The Kier molecular flexibility index (Phi) is 7.28.